The van der Waals surface area contributed by atoms with E-state index in [9.17, 15) is 22.0 Å². The highest BCUT2D eigenvalue weighted by molar-refractivity contribution is 5.37. The smallest absolute Gasteiger partial charge is 0.397 e. The number of alkyl halides is 4. The Balaban J connectivity index is 2.98. The predicted octanol–water partition coefficient (Wildman–Crippen LogP) is 5.88. The van der Waals surface area contributed by atoms with Crippen molar-refractivity contribution < 1.29 is 26.7 Å². The lowest BCUT2D eigenvalue weighted by Gasteiger charge is -2.20. The molecule has 1 aromatic carbocycles. The molecule has 0 spiro atoms. The van der Waals surface area contributed by atoms with E-state index in [4.69, 9.17) is 0 Å². The average Bonchev–Trinajstić information content (AvgIpc) is 2.38. The zero-order chi connectivity index (χ0) is 17.0. The molecule has 0 bridgehead atoms. The van der Waals surface area contributed by atoms with Crippen molar-refractivity contribution in [3.8, 4) is 5.75 Å². The van der Waals surface area contributed by atoms with Crippen LogP contribution in [0.2, 0.25) is 0 Å². The van der Waals surface area contributed by atoms with E-state index in [1.165, 1.54) is 13.0 Å². The van der Waals surface area contributed by atoms with Crippen LogP contribution in [0.25, 0.3) is 0 Å². The van der Waals surface area contributed by atoms with E-state index in [2.05, 4.69) is 4.74 Å². The minimum absolute atomic E-state index is 0.0828. The molecule has 0 fully saturated rings. The van der Waals surface area contributed by atoms with Crippen molar-refractivity contribution >= 4 is 0 Å². The van der Waals surface area contributed by atoms with Crippen LogP contribution in [0.5, 0.6) is 5.75 Å². The molecular weight excluding hydrogens is 303 g/mol. The van der Waals surface area contributed by atoms with Crippen LogP contribution in [0.3, 0.4) is 0 Å². The van der Waals surface area contributed by atoms with Gasteiger partial charge in [-0.25, -0.2) is 13.2 Å². The molecule has 0 heterocycles. The Morgan fingerprint density at radius 2 is 1.59 bits per heavy atom. The van der Waals surface area contributed by atoms with Gasteiger partial charge < -0.3 is 4.74 Å². The first-order chi connectivity index (χ1) is 10.1. The highest BCUT2D eigenvalue weighted by Crippen LogP contribution is 2.33. The van der Waals surface area contributed by atoms with Crippen LogP contribution in [-0.2, 0) is 6.42 Å². The topological polar surface area (TPSA) is 9.23 Å². The van der Waals surface area contributed by atoms with Gasteiger partial charge in [0.1, 0.15) is 0 Å². The molecule has 0 unspecified atom stereocenters. The van der Waals surface area contributed by atoms with Crippen LogP contribution in [0.15, 0.2) is 12.1 Å². The number of rotatable bonds is 8. The van der Waals surface area contributed by atoms with Gasteiger partial charge in [0.2, 0.25) is 0 Å². The molecule has 1 aromatic rings. The van der Waals surface area contributed by atoms with Crippen LogP contribution in [0, 0.1) is 12.7 Å². The van der Waals surface area contributed by atoms with Crippen LogP contribution < -0.4 is 4.74 Å². The number of ether oxygens (including phenoxy) is 1. The maximum absolute atomic E-state index is 14.1. The molecule has 0 saturated heterocycles. The normalized spacial score (nSPS) is 12.5. The molecule has 126 valence electrons. The Hall–Kier alpha value is -1.33. The Morgan fingerprint density at radius 1 is 1.00 bits per heavy atom. The first kappa shape index (κ1) is 18.7. The van der Waals surface area contributed by atoms with Gasteiger partial charge in [0.25, 0.3) is 5.92 Å². The summed E-state index contributed by atoms with van der Waals surface area (Å²) < 4.78 is 72.5. The van der Waals surface area contributed by atoms with Crippen LogP contribution in [-0.4, -0.2) is 12.0 Å². The minimum atomic E-state index is -3.48. The minimum Gasteiger partial charge on any atom is -0.429 e. The summed E-state index contributed by atoms with van der Waals surface area (Å²) in [5.74, 6) is -4.57. The van der Waals surface area contributed by atoms with Crippen molar-refractivity contribution in [2.24, 2.45) is 0 Å². The lowest BCUT2D eigenvalue weighted by atomic mass is 9.99. The summed E-state index contributed by atoms with van der Waals surface area (Å²) in [7, 11) is 0. The summed E-state index contributed by atoms with van der Waals surface area (Å²) in [6, 6.07) is 2.21. The van der Waals surface area contributed by atoms with Gasteiger partial charge in [-0.2, -0.15) is 8.78 Å². The maximum Gasteiger partial charge on any atom is 0.397 e. The molecule has 0 aromatic heterocycles. The Kier molecular flexibility index (Phi) is 6.20. The van der Waals surface area contributed by atoms with Gasteiger partial charge in [-0.1, -0.05) is 26.3 Å². The first-order valence-electron chi connectivity index (χ1n) is 7.34. The van der Waals surface area contributed by atoms with Crippen molar-refractivity contribution in [2.45, 2.75) is 64.9 Å². The standard InChI is InChI=1S/C16H21F5O/c1-4-8-15(18,19)10-12-6-7-13(14(17)11(12)3)22-16(20,21)9-5-2/h6-7H,4-5,8-10H2,1-3H3. The van der Waals surface area contributed by atoms with E-state index in [0.717, 1.165) is 6.07 Å². The van der Waals surface area contributed by atoms with Gasteiger partial charge in [-0.05, 0) is 30.5 Å². The molecule has 6 heteroatoms. The largest absolute Gasteiger partial charge is 0.429 e. The van der Waals surface area contributed by atoms with Crippen LogP contribution in [0.4, 0.5) is 22.0 Å². The third-order valence-electron chi connectivity index (χ3n) is 3.33. The fourth-order valence-corrected chi connectivity index (χ4v) is 2.21. The molecule has 22 heavy (non-hydrogen) atoms. The third kappa shape index (κ3) is 5.14. The molecule has 0 N–H and O–H groups in total. The number of benzene rings is 1. The summed E-state index contributed by atoms with van der Waals surface area (Å²) in [4.78, 5) is 0. The fraction of sp³-hybridized carbons (Fsp3) is 0.625. The Labute approximate surface area is 127 Å². The van der Waals surface area contributed by atoms with Gasteiger partial charge in [0.05, 0.1) is 6.42 Å². The molecule has 0 aliphatic heterocycles. The van der Waals surface area contributed by atoms with E-state index in [1.54, 1.807) is 13.8 Å². The molecular formula is C16H21F5O. The number of hydrogen-bond acceptors (Lipinski definition) is 1. The van der Waals surface area contributed by atoms with Gasteiger partial charge in [0, 0.05) is 12.8 Å². The third-order valence-corrected chi connectivity index (χ3v) is 3.33. The van der Waals surface area contributed by atoms with Gasteiger partial charge in [-0.15, -0.1) is 0 Å². The zero-order valence-corrected chi connectivity index (χ0v) is 13.0. The predicted molar refractivity (Wildman–Crippen MR) is 75.2 cm³/mol. The van der Waals surface area contributed by atoms with Gasteiger partial charge >= 0.3 is 6.11 Å². The monoisotopic (exact) mass is 324 g/mol. The second kappa shape index (κ2) is 7.29. The molecule has 0 aliphatic rings. The second-order valence-electron chi connectivity index (χ2n) is 5.43. The lowest BCUT2D eigenvalue weighted by Crippen LogP contribution is -2.25. The number of hydrogen-bond donors (Lipinski definition) is 0. The highest BCUT2D eigenvalue weighted by Gasteiger charge is 2.33. The van der Waals surface area contributed by atoms with Crippen molar-refractivity contribution in [1.29, 1.82) is 0 Å². The Bertz CT molecular complexity index is 455. The molecule has 1 nitrogen and oxygen atoms in total. The highest BCUT2D eigenvalue weighted by atomic mass is 19.3. The van der Waals surface area contributed by atoms with Crippen LogP contribution >= 0.6 is 0 Å². The van der Waals surface area contributed by atoms with E-state index >= 15 is 0 Å². The average molecular weight is 324 g/mol. The van der Waals surface area contributed by atoms with E-state index in [1.807, 2.05) is 0 Å². The first-order valence-corrected chi connectivity index (χ1v) is 7.34. The summed E-state index contributed by atoms with van der Waals surface area (Å²) >= 11 is 0. The second-order valence-corrected chi connectivity index (χ2v) is 5.43. The van der Waals surface area contributed by atoms with E-state index < -0.39 is 36.4 Å². The summed E-state index contributed by atoms with van der Waals surface area (Å²) in [5.41, 5.74) is 0.0164. The summed E-state index contributed by atoms with van der Waals surface area (Å²) in [5, 5.41) is 0. The SMILES string of the molecule is CCCC(F)(F)Cc1ccc(OC(F)(F)CCC)c(F)c1C. The number of halogens is 5. The van der Waals surface area contributed by atoms with Crippen LogP contribution in [0.1, 0.15) is 50.7 Å². The van der Waals surface area contributed by atoms with Crippen molar-refractivity contribution in [2.75, 3.05) is 0 Å². The van der Waals surface area contributed by atoms with Crippen molar-refractivity contribution in [3.63, 3.8) is 0 Å². The van der Waals surface area contributed by atoms with Gasteiger partial charge in [-0.3, -0.25) is 0 Å². The summed E-state index contributed by atoms with van der Waals surface area (Å²) in [6.45, 7) is 4.48. The van der Waals surface area contributed by atoms with E-state index in [-0.39, 0.29) is 24.0 Å². The molecule has 0 amide bonds. The molecule has 0 radical (unpaired) electrons. The zero-order valence-electron chi connectivity index (χ0n) is 13.0. The Morgan fingerprint density at radius 3 is 2.14 bits per heavy atom. The van der Waals surface area contributed by atoms with Crippen molar-refractivity contribution in [1.82, 2.24) is 0 Å². The molecule has 1 rings (SSSR count). The molecule has 0 atom stereocenters. The quantitative estimate of drug-likeness (QED) is 0.542. The lowest BCUT2D eigenvalue weighted by molar-refractivity contribution is -0.182. The fourth-order valence-electron chi connectivity index (χ4n) is 2.21. The van der Waals surface area contributed by atoms with Gasteiger partial charge in [0.15, 0.2) is 11.6 Å². The summed E-state index contributed by atoms with van der Waals surface area (Å²) in [6.07, 6.45) is -4.46. The van der Waals surface area contributed by atoms with Crippen molar-refractivity contribution in [3.05, 3.63) is 29.1 Å². The maximum atomic E-state index is 14.1. The van der Waals surface area contributed by atoms with E-state index in [0.29, 0.717) is 6.42 Å². The molecule has 0 saturated carbocycles. The molecule has 0 aliphatic carbocycles.